The Morgan fingerprint density at radius 3 is 2.54 bits per heavy atom. The molecule has 1 rings (SSSR count). The molecule has 0 aliphatic carbocycles. The lowest BCUT2D eigenvalue weighted by atomic mass is 10.1. The fourth-order valence-electron chi connectivity index (χ4n) is 1.19. The Balaban J connectivity index is 2.32. The highest BCUT2D eigenvalue weighted by molar-refractivity contribution is 7.11. The first-order valence-electron chi connectivity index (χ1n) is 4.48. The van der Waals surface area contributed by atoms with Gasteiger partial charge in [-0.1, -0.05) is 6.42 Å². The van der Waals surface area contributed by atoms with Crippen molar-refractivity contribution in [1.82, 2.24) is 0 Å². The third-order valence-corrected chi connectivity index (χ3v) is 3.08. The smallest absolute Gasteiger partial charge is 0.0689 e. The molecule has 0 saturated heterocycles. The number of thiophene rings is 1. The van der Waals surface area contributed by atoms with Crippen LogP contribution in [0.1, 0.15) is 24.1 Å². The maximum atomic E-state index is 8.58. The normalized spacial score (nSPS) is 10.5. The molecule has 1 heterocycles. The molecule has 0 fully saturated rings. The second kappa shape index (κ2) is 5.09. The summed E-state index contributed by atoms with van der Waals surface area (Å²) in [5.74, 6) is 0. The average Bonchev–Trinajstić information content (AvgIpc) is 2.43. The molecular formula is C9H16N2OS. The van der Waals surface area contributed by atoms with Crippen LogP contribution >= 0.6 is 11.3 Å². The highest BCUT2D eigenvalue weighted by Crippen LogP contribution is 2.28. The van der Waals surface area contributed by atoms with Gasteiger partial charge >= 0.3 is 0 Å². The highest BCUT2D eigenvalue weighted by atomic mass is 32.1. The van der Waals surface area contributed by atoms with E-state index in [-0.39, 0.29) is 6.61 Å². The number of nitrogen functional groups attached to an aromatic ring is 2. The summed E-state index contributed by atoms with van der Waals surface area (Å²) in [5.41, 5.74) is 12.8. The number of hydrogen-bond acceptors (Lipinski definition) is 4. The van der Waals surface area contributed by atoms with Gasteiger partial charge in [0.1, 0.15) is 0 Å². The van der Waals surface area contributed by atoms with Crippen LogP contribution in [0.3, 0.4) is 0 Å². The lowest BCUT2D eigenvalue weighted by Crippen LogP contribution is -1.94. The molecule has 13 heavy (non-hydrogen) atoms. The van der Waals surface area contributed by atoms with E-state index in [1.165, 1.54) is 4.88 Å². The number of rotatable bonds is 5. The summed E-state index contributed by atoms with van der Waals surface area (Å²) < 4.78 is 0. The van der Waals surface area contributed by atoms with E-state index in [1.807, 2.05) is 5.38 Å². The molecule has 0 unspecified atom stereocenters. The van der Waals surface area contributed by atoms with Gasteiger partial charge in [-0.15, -0.1) is 11.3 Å². The van der Waals surface area contributed by atoms with Gasteiger partial charge in [0, 0.05) is 16.9 Å². The number of unbranched alkanes of at least 4 members (excludes halogenated alkanes) is 2. The number of aryl methyl sites for hydroxylation is 1. The molecule has 0 atom stereocenters. The van der Waals surface area contributed by atoms with Gasteiger partial charge in [-0.05, 0) is 19.3 Å². The number of hydrogen-bond donors (Lipinski definition) is 3. The molecular weight excluding hydrogens is 184 g/mol. The molecule has 0 spiro atoms. The fraction of sp³-hybridized carbons (Fsp3) is 0.556. The van der Waals surface area contributed by atoms with E-state index in [9.17, 15) is 0 Å². The SMILES string of the molecule is Nc1csc(CCCCCO)c1N. The molecule has 0 aliphatic heterocycles. The summed E-state index contributed by atoms with van der Waals surface area (Å²) in [4.78, 5) is 1.18. The van der Waals surface area contributed by atoms with Crippen LogP contribution in [-0.2, 0) is 6.42 Å². The van der Waals surface area contributed by atoms with E-state index in [1.54, 1.807) is 11.3 Å². The quantitative estimate of drug-likeness (QED) is 0.632. The zero-order chi connectivity index (χ0) is 9.68. The van der Waals surface area contributed by atoms with Crippen LogP contribution in [0.4, 0.5) is 11.4 Å². The summed E-state index contributed by atoms with van der Waals surface area (Å²) in [7, 11) is 0. The first kappa shape index (κ1) is 10.3. The van der Waals surface area contributed by atoms with E-state index in [2.05, 4.69) is 0 Å². The van der Waals surface area contributed by atoms with Gasteiger partial charge in [0.05, 0.1) is 11.4 Å². The third-order valence-electron chi connectivity index (χ3n) is 2.00. The van der Waals surface area contributed by atoms with Gasteiger partial charge in [0.25, 0.3) is 0 Å². The molecule has 4 heteroatoms. The van der Waals surface area contributed by atoms with Crippen LogP contribution in [0.25, 0.3) is 0 Å². The Morgan fingerprint density at radius 1 is 1.23 bits per heavy atom. The van der Waals surface area contributed by atoms with Crippen LogP contribution < -0.4 is 11.5 Å². The van der Waals surface area contributed by atoms with Crippen molar-refractivity contribution in [2.45, 2.75) is 25.7 Å². The van der Waals surface area contributed by atoms with E-state index < -0.39 is 0 Å². The van der Waals surface area contributed by atoms with Gasteiger partial charge < -0.3 is 16.6 Å². The molecule has 0 bridgehead atoms. The van der Waals surface area contributed by atoms with Crippen molar-refractivity contribution in [3.8, 4) is 0 Å². The van der Waals surface area contributed by atoms with Crippen LogP contribution in [0.2, 0.25) is 0 Å². The second-order valence-electron chi connectivity index (χ2n) is 3.06. The summed E-state index contributed by atoms with van der Waals surface area (Å²) in [6.07, 6.45) is 3.98. The third kappa shape index (κ3) is 2.90. The van der Waals surface area contributed by atoms with Crippen molar-refractivity contribution in [3.05, 3.63) is 10.3 Å². The number of aliphatic hydroxyl groups is 1. The lowest BCUT2D eigenvalue weighted by Gasteiger charge is -1.99. The topological polar surface area (TPSA) is 72.3 Å². The van der Waals surface area contributed by atoms with Crippen LogP contribution in [0.5, 0.6) is 0 Å². The van der Waals surface area contributed by atoms with Crippen molar-refractivity contribution >= 4 is 22.7 Å². The van der Waals surface area contributed by atoms with Crippen molar-refractivity contribution in [1.29, 1.82) is 0 Å². The summed E-state index contributed by atoms with van der Waals surface area (Å²) in [5, 5.41) is 10.5. The molecule has 0 radical (unpaired) electrons. The molecule has 0 aromatic carbocycles. The molecule has 3 nitrogen and oxygen atoms in total. The predicted octanol–water partition coefficient (Wildman–Crippen LogP) is 1.62. The summed E-state index contributed by atoms with van der Waals surface area (Å²) in [6, 6.07) is 0. The fourth-order valence-corrected chi connectivity index (χ4v) is 2.09. The van der Waals surface area contributed by atoms with Crippen molar-refractivity contribution < 1.29 is 5.11 Å². The molecule has 1 aromatic rings. The Labute approximate surface area is 82.4 Å². The Kier molecular flexibility index (Phi) is 4.05. The zero-order valence-electron chi connectivity index (χ0n) is 7.62. The molecule has 74 valence electrons. The molecule has 0 amide bonds. The Bertz CT molecular complexity index is 260. The largest absolute Gasteiger partial charge is 0.396 e. The first-order valence-corrected chi connectivity index (χ1v) is 5.36. The Hall–Kier alpha value is -0.740. The zero-order valence-corrected chi connectivity index (χ0v) is 8.44. The molecule has 0 saturated carbocycles. The number of anilines is 2. The summed E-state index contributed by atoms with van der Waals surface area (Å²) >= 11 is 1.62. The van der Waals surface area contributed by atoms with Gasteiger partial charge in [0.15, 0.2) is 0 Å². The Morgan fingerprint density at radius 2 is 2.00 bits per heavy atom. The van der Waals surface area contributed by atoms with Crippen LogP contribution in [0.15, 0.2) is 5.38 Å². The minimum absolute atomic E-state index is 0.280. The van der Waals surface area contributed by atoms with Crippen molar-refractivity contribution in [2.75, 3.05) is 18.1 Å². The number of nitrogens with two attached hydrogens (primary N) is 2. The van der Waals surface area contributed by atoms with Gasteiger partial charge in [0.2, 0.25) is 0 Å². The van der Waals surface area contributed by atoms with Gasteiger partial charge in [-0.2, -0.15) is 0 Å². The molecule has 0 aliphatic rings. The van der Waals surface area contributed by atoms with E-state index in [0.717, 1.165) is 31.4 Å². The van der Waals surface area contributed by atoms with E-state index >= 15 is 0 Å². The first-order chi connectivity index (χ1) is 6.25. The van der Waals surface area contributed by atoms with Crippen molar-refractivity contribution in [3.63, 3.8) is 0 Å². The highest BCUT2D eigenvalue weighted by Gasteiger charge is 2.04. The van der Waals surface area contributed by atoms with Gasteiger partial charge in [-0.25, -0.2) is 0 Å². The van der Waals surface area contributed by atoms with Gasteiger partial charge in [-0.3, -0.25) is 0 Å². The lowest BCUT2D eigenvalue weighted by molar-refractivity contribution is 0.283. The minimum Gasteiger partial charge on any atom is -0.396 e. The second-order valence-corrected chi connectivity index (χ2v) is 4.03. The standard InChI is InChI=1S/C9H16N2OS/c10-7-6-13-8(9(7)11)4-2-1-3-5-12/h6,12H,1-5,10-11H2. The number of aliphatic hydroxyl groups excluding tert-OH is 1. The predicted molar refractivity (Wildman–Crippen MR) is 57.8 cm³/mol. The molecule has 5 N–H and O–H groups in total. The monoisotopic (exact) mass is 200 g/mol. The maximum absolute atomic E-state index is 8.58. The summed E-state index contributed by atoms with van der Waals surface area (Å²) in [6.45, 7) is 0.280. The van der Waals surface area contributed by atoms with E-state index in [4.69, 9.17) is 16.6 Å². The van der Waals surface area contributed by atoms with E-state index in [0.29, 0.717) is 5.69 Å². The van der Waals surface area contributed by atoms with Crippen LogP contribution in [0, 0.1) is 0 Å². The van der Waals surface area contributed by atoms with Crippen LogP contribution in [-0.4, -0.2) is 11.7 Å². The van der Waals surface area contributed by atoms with Crippen molar-refractivity contribution in [2.24, 2.45) is 0 Å². The maximum Gasteiger partial charge on any atom is 0.0689 e. The molecule has 1 aromatic heterocycles. The minimum atomic E-state index is 0.280. The average molecular weight is 200 g/mol.